The average Bonchev–Trinajstić information content (AvgIpc) is 2.30. The van der Waals surface area contributed by atoms with Crippen LogP contribution in [0.2, 0.25) is 0 Å². The second-order valence-electron chi connectivity index (χ2n) is 4.51. The third kappa shape index (κ3) is 2.99. The number of rotatable bonds is 3. The molecule has 0 aliphatic heterocycles. The zero-order valence-electron chi connectivity index (χ0n) is 8.80. The van der Waals surface area contributed by atoms with E-state index < -0.39 is 0 Å². The second-order valence-corrected chi connectivity index (χ2v) is 4.51. The molecule has 0 aromatic carbocycles. The number of nitrogens with zero attached hydrogens (tertiary/aromatic N) is 1. The summed E-state index contributed by atoms with van der Waals surface area (Å²) >= 11 is 0. The summed E-state index contributed by atoms with van der Waals surface area (Å²) in [7, 11) is 0. The first kappa shape index (κ1) is 10.5. The van der Waals surface area contributed by atoms with Gasteiger partial charge in [0.15, 0.2) is 0 Å². The van der Waals surface area contributed by atoms with E-state index in [0.29, 0.717) is 6.54 Å². The molecule has 1 unspecified atom stereocenters. The van der Waals surface area contributed by atoms with Crippen LogP contribution < -0.4 is 5.43 Å². The highest BCUT2D eigenvalue weighted by molar-refractivity contribution is 5.91. The van der Waals surface area contributed by atoms with Crippen LogP contribution in [-0.4, -0.2) is 23.5 Å². The van der Waals surface area contributed by atoms with E-state index in [1.807, 2.05) is 0 Å². The van der Waals surface area contributed by atoms with Crippen LogP contribution in [0.3, 0.4) is 0 Å². The molecule has 0 radical (unpaired) electrons. The lowest BCUT2D eigenvalue weighted by atomic mass is 9.90. The molecular formula is C10H20N2O. The Kier molecular flexibility index (Phi) is 3.31. The molecule has 1 fully saturated rings. The van der Waals surface area contributed by atoms with Gasteiger partial charge in [0.1, 0.15) is 0 Å². The zero-order valence-corrected chi connectivity index (χ0v) is 8.80. The SMILES string of the molecule is CC(O)CN/N=C1/CCCC1(C)C. The Hall–Kier alpha value is -0.570. The Balaban J connectivity index is 2.42. The van der Waals surface area contributed by atoms with Crippen molar-refractivity contribution in [2.24, 2.45) is 10.5 Å². The number of aliphatic hydroxyl groups is 1. The molecule has 0 spiro atoms. The molecule has 3 nitrogen and oxygen atoms in total. The first-order valence-electron chi connectivity index (χ1n) is 5.00. The van der Waals surface area contributed by atoms with Crippen molar-refractivity contribution in [2.45, 2.75) is 46.1 Å². The summed E-state index contributed by atoms with van der Waals surface area (Å²) in [6.07, 6.45) is 3.23. The molecule has 0 saturated heterocycles. The Morgan fingerprint density at radius 1 is 1.62 bits per heavy atom. The molecule has 13 heavy (non-hydrogen) atoms. The topological polar surface area (TPSA) is 44.6 Å². The van der Waals surface area contributed by atoms with Crippen molar-refractivity contribution >= 4 is 5.71 Å². The second kappa shape index (κ2) is 4.09. The first-order chi connectivity index (χ1) is 6.02. The minimum absolute atomic E-state index is 0.256. The summed E-state index contributed by atoms with van der Waals surface area (Å²) in [5, 5.41) is 13.3. The van der Waals surface area contributed by atoms with E-state index in [9.17, 15) is 0 Å². The van der Waals surface area contributed by atoms with E-state index >= 15 is 0 Å². The first-order valence-corrected chi connectivity index (χ1v) is 5.00. The molecule has 1 aliphatic rings. The normalized spacial score (nSPS) is 26.3. The van der Waals surface area contributed by atoms with E-state index in [-0.39, 0.29) is 11.5 Å². The summed E-state index contributed by atoms with van der Waals surface area (Å²) in [6, 6.07) is 0. The smallest absolute Gasteiger partial charge is 0.0701 e. The fraction of sp³-hybridized carbons (Fsp3) is 0.900. The molecule has 0 aromatic heterocycles. The van der Waals surface area contributed by atoms with E-state index in [1.54, 1.807) is 6.92 Å². The molecule has 2 N–H and O–H groups in total. The van der Waals surface area contributed by atoms with Gasteiger partial charge in [0, 0.05) is 11.1 Å². The fourth-order valence-electron chi connectivity index (χ4n) is 1.66. The molecule has 3 heteroatoms. The lowest BCUT2D eigenvalue weighted by molar-refractivity contribution is 0.192. The van der Waals surface area contributed by atoms with Gasteiger partial charge in [-0.15, -0.1) is 0 Å². The standard InChI is InChI=1S/C10H20N2O/c1-8(13)7-11-12-9-5-4-6-10(9,2)3/h8,11,13H,4-7H2,1-3H3/b12-9-. The summed E-state index contributed by atoms with van der Waals surface area (Å²) in [5.74, 6) is 0. The molecule has 1 rings (SSSR count). The lowest BCUT2D eigenvalue weighted by Gasteiger charge is -2.18. The van der Waals surface area contributed by atoms with Gasteiger partial charge in [0.2, 0.25) is 0 Å². The van der Waals surface area contributed by atoms with Crippen molar-refractivity contribution in [2.75, 3.05) is 6.54 Å². The van der Waals surface area contributed by atoms with E-state index in [1.165, 1.54) is 18.6 Å². The van der Waals surface area contributed by atoms with Crippen LogP contribution in [0.5, 0.6) is 0 Å². The van der Waals surface area contributed by atoms with E-state index in [4.69, 9.17) is 5.11 Å². The van der Waals surface area contributed by atoms with Crippen molar-refractivity contribution in [3.63, 3.8) is 0 Å². The van der Waals surface area contributed by atoms with Gasteiger partial charge in [-0.3, -0.25) is 0 Å². The van der Waals surface area contributed by atoms with Crippen LogP contribution in [0.15, 0.2) is 5.10 Å². The van der Waals surface area contributed by atoms with Crippen LogP contribution in [0, 0.1) is 5.41 Å². The lowest BCUT2D eigenvalue weighted by Crippen LogP contribution is -2.25. The number of hydrazone groups is 1. The number of nitrogens with one attached hydrogen (secondary N) is 1. The van der Waals surface area contributed by atoms with Crippen LogP contribution in [0.25, 0.3) is 0 Å². The molecule has 76 valence electrons. The summed E-state index contributed by atoms with van der Waals surface area (Å²) in [6.45, 7) is 6.75. The van der Waals surface area contributed by atoms with Crippen LogP contribution in [0.4, 0.5) is 0 Å². The highest BCUT2D eigenvalue weighted by Gasteiger charge is 2.30. The molecule has 0 amide bonds. The number of hydrogen-bond acceptors (Lipinski definition) is 3. The quantitative estimate of drug-likeness (QED) is 0.653. The Labute approximate surface area is 80.2 Å². The average molecular weight is 184 g/mol. The summed E-state index contributed by atoms with van der Waals surface area (Å²) in [4.78, 5) is 0. The minimum Gasteiger partial charge on any atom is -0.392 e. The van der Waals surface area contributed by atoms with Gasteiger partial charge in [0.05, 0.1) is 12.6 Å². The molecule has 0 aromatic rings. The fourth-order valence-corrected chi connectivity index (χ4v) is 1.66. The largest absolute Gasteiger partial charge is 0.392 e. The maximum absolute atomic E-state index is 9.02. The minimum atomic E-state index is -0.325. The highest BCUT2D eigenvalue weighted by Crippen LogP contribution is 2.34. The van der Waals surface area contributed by atoms with Gasteiger partial charge in [-0.2, -0.15) is 5.10 Å². The molecule has 0 heterocycles. The van der Waals surface area contributed by atoms with Crippen molar-refractivity contribution in [1.82, 2.24) is 5.43 Å². The molecule has 0 bridgehead atoms. The van der Waals surface area contributed by atoms with Gasteiger partial charge in [0.25, 0.3) is 0 Å². The summed E-state index contributed by atoms with van der Waals surface area (Å²) in [5.41, 5.74) is 4.42. The van der Waals surface area contributed by atoms with Crippen molar-refractivity contribution in [3.05, 3.63) is 0 Å². The van der Waals surface area contributed by atoms with Gasteiger partial charge in [-0.1, -0.05) is 13.8 Å². The highest BCUT2D eigenvalue weighted by atomic mass is 16.3. The Morgan fingerprint density at radius 2 is 2.31 bits per heavy atom. The molecule has 1 saturated carbocycles. The maximum Gasteiger partial charge on any atom is 0.0701 e. The third-order valence-electron chi connectivity index (χ3n) is 2.60. The number of hydrogen-bond donors (Lipinski definition) is 2. The van der Waals surface area contributed by atoms with Gasteiger partial charge in [-0.05, 0) is 26.2 Å². The molecule has 1 aliphatic carbocycles. The summed E-state index contributed by atoms with van der Waals surface area (Å²) < 4.78 is 0. The number of aliphatic hydroxyl groups excluding tert-OH is 1. The Bertz CT molecular complexity index is 197. The van der Waals surface area contributed by atoms with Crippen LogP contribution >= 0.6 is 0 Å². The predicted molar refractivity (Wildman–Crippen MR) is 54.8 cm³/mol. The molecule has 1 atom stereocenters. The van der Waals surface area contributed by atoms with Crippen molar-refractivity contribution in [3.8, 4) is 0 Å². The van der Waals surface area contributed by atoms with Crippen molar-refractivity contribution in [1.29, 1.82) is 0 Å². The monoisotopic (exact) mass is 184 g/mol. The van der Waals surface area contributed by atoms with Crippen LogP contribution in [-0.2, 0) is 0 Å². The van der Waals surface area contributed by atoms with Gasteiger partial charge in [-0.25, -0.2) is 0 Å². The predicted octanol–water partition coefficient (Wildman–Crippen LogP) is 1.52. The zero-order chi connectivity index (χ0) is 9.90. The maximum atomic E-state index is 9.02. The Morgan fingerprint density at radius 3 is 2.77 bits per heavy atom. The third-order valence-corrected chi connectivity index (χ3v) is 2.60. The van der Waals surface area contributed by atoms with Gasteiger partial charge < -0.3 is 10.5 Å². The van der Waals surface area contributed by atoms with E-state index in [0.717, 1.165) is 6.42 Å². The van der Waals surface area contributed by atoms with Crippen molar-refractivity contribution < 1.29 is 5.11 Å². The molecular weight excluding hydrogens is 164 g/mol. The van der Waals surface area contributed by atoms with E-state index in [2.05, 4.69) is 24.4 Å². The van der Waals surface area contributed by atoms with Crippen LogP contribution in [0.1, 0.15) is 40.0 Å². The van der Waals surface area contributed by atoms with Gasteiger partial charge >= 0.3 is 0 Å².